The number of nitrogens with zero attached hydrogens (tertiary/aromatic N) is 2. The summed E-state index contributed by atoms with van der Waals surface area (Å²) in [7, 11) is 0. The van der Waals surface area contributed by atoms with E-state index < -0.39 is 0 Å². The summed E-state index contributed by atoms with van der Waals surface area (Å²) in [5.41, 5.74) is 10.7. The Labute approximate surface area is 267 Å². The molecule has 0 aliphatic carbocycles. The van der Waals surface area contributed by atoms with Crippen molar-refractivity contribution < 1.29 is 4.74 Å². The van der Waals surface area contributed by atoms with Gasteiger partial charge in [-0.25, -0.2) is 4.98 Å². The van der Waals surface area contributed by atoms with E-state index in [0.717, 1.165) is 83.8 Å². The second kappa shape index (κ2) is 10.8. The number of hydrogen-bond acceptors (Lipinski definition) is 2. The molecule has 0 fully saturated rings. The zero-order valence-corrected chi connectivity index (χ0v) is 25.0. The van der Waals surface area contributed by atoms with Gasteiger partial charge in [0.1, 0.15) is 17.3 Å². The van der Waals surface area contributed by atoms with Crippen molar-refractivity contribution in [1.29, 1.82) is 0 Å². The number of ether oxygens (including phenoxy) is 1. The van der Waals surface area contributed by atoms with Gasteiger partial charge in [0.25, 0.3) is 0 Å². The van der Waals surface area contributed by atoms with E-state index in [1.165, 1.54) is 0 Å². The largest absolute Gasteiger partial charge is 0.455 e. The van der Waals surface area contributed by atoms with Crippen molar-refractivity contribution in [1.82, 2.24) is 9.55 Å². The third kappa shape index (κ3) is 4.33. The van der Waals surface area contributed by atoms with Gasteiger partial charge in [-0.3, -0.25) is 4.57 Å². The molecule has 0 atom stereocenters. The predicted molar refractivity (Wildman–Crippen MR) is 190 cm³/mol. The van der Waals surface area contributed by atoms with Gasteiger partial charge in [0.2, 0.25) is 0 Å². The van der Waals surface area contributed by atoms with Crippen molar-refractivity contribution in [2.24, 2.45) is 0 Å². The van der Waals surface area contributed by atoms with Crippen LogP contribution >= 0.6 is 0 Å². The molecule has 0 saturated carbocycles. The van der Waals surface area contributed by atoms with Gasteiger partial charge in [0.05, 0.1) is 11.0 Å². The molecular weight excluding hydrogens is 560 g/mol. The predicted octanol–water partition coefficient (Wildman–Crippen LogP) is 11.5. The number of para-hydroxylation sites is 4. The van der Waals surface area contributed by atoms with Crippen molar-refractivity contribution in [3.8, 4) is 50.8 Å². The highest BCUT2D eigenvalue weighted by molar-refractivity contribution is 5.99. The number of rotatable bonds is 2. The number of hydrogen-bond donors (Lipinski definition) is 0. The molecule has 0 unspecified atom stereocenters. The minimum Gasteiger partial charge on any atom is -0.455 e. The summed E-state index contributed by atoms with van der Waals surface area (Å²) in [6.45, 7) is 0. The van der Waals surface area contributed by atoms with E-state index in [4.69, 9.17) is 9.72 Å². The highest BCUT2D eigenvalue weighted by Crippen LogP contribution is 2.45. The van der Waals surface area contributed by atoms with Crippen LogP contribution in [0.25, 0.3) is 73.3 Å². The third-order valence-corrected chi connectivity index (χ3v) is 8.85. The topological polar surface area (TPSA) is 27.1 Å². The molecule has 2 heterocycles. The van der Waals surface area contributed by atoms with Crippen molar-refractivity contribution >= 4 is 34.0 Å². The molecule has 0 amide bonds. The Hall–Kier alpha value is -6.19. The van der Waals surface area contributed by atoms with Crippen LogP contribution in [0.2, 0.25) is 0 Å². The first kappa shape index (κ1) is 26.2. The second-order valence-electron chi connectivity index (χ2n) is 11.6. The van der Waals surface area contributed by atoms with E-state index in [1.807, 2.05) is 18.2 Å². The SMILES string of the molecule is C1=C\c2ccc(-c3nc4ccccc4n3-c3ccccc3)cc2-c2ccc3ccccc3c2Oc2ccccc2-c2ccccc2/1. The zero-order chi connectivity index (χ0) is 30.5. The molecular formula is C43H28N2O. The van der Waals surface area contributed by atoms with Crippen LogP contribution in [0.1, 0.15) is 11.1 Å². The lowest BCUT2D eigenvalue weighted by Gasteiger charge is -2.19. The molecule has 0 saturated heterocycles. The summed E-state index contributed by atoms with van der Waals surface area (Å²) in [4.78, 5) is 5.18. The summed E-state index contributed by atoms with van der Waals surface area (Å²) in [6, 6.07) is 55.1. The van der Waals surface area contributed by atoms with E-state index in [2.05, 4.69) is 156 Å². The van der Waals surface area contributed by atoms with Gasteiger partial charge in [-0.05, 0) is 70.1 Å². The summed E-state index contributed by atoms with van der Waals surface area (Å²) in [5.74, 6) is 2.56. The van der Waals surface area contributed by atoms with Gasteiger partial charge >= 0.3 is 0 Å². The number of fused-ring (bicyclic) bond motifs is 9. The van der Waals surface area contributed by atoms with Gasteiger partial charge in [-0.15, -0.1) is 0 Å². The molecule has 3 nitrogen and oxygen atoms in total. The lowest BCUT2D eigenvalue weighted by molar-refractivity contribution is 0.492. The minimum atomic E-state index is 0.825. The van der Waals surface area contributed by atoms with Crippen LogP contribution in [0.3, 0.4) is 0 Å². The summed E-state index contributed by atoms with van der Waals surface area (Å²) < 4.78 is 9.29. The molecule has 0 radical (unpaired) electrons. The van der Waals surface area contributed by atoms with E-state index in [0.29, 0.717) is 0 Å². The Morgan fingerprint density at radius 1 is 0.500 bits per heavy atom. The maximum Gasteiger partial charge on any atom is 0.145 e. The highest BCUT2D eigenvalue weighted by Gasteiger charge is 2.21. The smallest absolute Gasteiger partial charge is 0.145 e. The molecule has 0 N–H and O–H groups in total. The quantitative estimate of drug-likeness (QED) is 0.201. The van der Waals surface area contributed by atoms with Gasteiger partial charge in [0, 0.05) is 27.8 Å². The summed E-state index contributed by atoms with van der Waals surface area (Å²) in [5, 5.41) is 2.20. The first-order valence-corrected chi connectivity index (χ1v) is 15.6. The highest BCUT2D eigenvalue weighted by atomic mass is 16.5. The van der Waals surface area contributed by atoms with Gasteiger partial charge in [-0.1, -0.05) is 127 Å². The fourth-order valence-electron chi connectivity index (χ4n) is 6.65. The van der Waals surface area contributed by atoms with Crippen molar-refractivity contribution in [2.45, 2.75) is 0 Å². The normalized spacial score (nSPS) is 12.7. The third-order valence-electron chi connectivity index (χ3n) is 8.85. The molecule has 1 aliphatic rings. The van der Waals surface area contributed by atoms with Crippen LogP contribution in [0.15, 0.2) is 158 Å². The lowest BCUT2D eigenvalue weighted by atomic mass is 9.93. The number of aromatic nitrogens is 2. The maximum atomic E-state index is 7.04. The summed E-state index contributed by atoms with van der Waals surface area (Å²) >= 11 is 0. The first-order chi connectivity index (χ1) is 22.8. The Morgan fingerprint density at radius 3 is 2.13 bits per heavy atom. The fourth-order valence-corrected chi connectivity index (χ4v) is 6.65. The monoisotopic (exact) mass is 588 g/mol. The molecule has 0 bridgehead atoms. The Kier molecular flexibility index (Phi) is 6.14. The van der Waals surface area contributed by atoms with Crippen LogP contribution in [0.4, 0.5) is 0 Å². The Bertz CT molecular complexity index is 2450. The zero-order valence-electron chi connectivity index (χ0n) is 25.0. The van der Waals surface area contributed by atoms with Crippen molar-refractivity contribution in [3.63, 3.8) is 0 Å². The second-order valence-corrected chi connectivity index (χ2v) is 11.6. The number of imidazole rings is 1. The van der Waals surface area contributed by atoms with Gasteiger partial charge in [0.15, 0.2) is 0 Å². The summed E-state index contributed by atoms with van der Waals surface area (Å²) in [6.07, 6.45) is 4.45. The standard InChI is InChI=1S/C43H28N2O/c1-2-14-33(15-3-1)45-40-20-10-9-19-39(40)44-43(45)32-25-24-31-23-22-29-12-4-6-16-34(29)36-18-8-11-21-41(36)46-42-35-17-7-5-13-30(35)26-27-37(42)38(31)28-32/h1-28H/b23-22-. The van der Waals surface area contributed by atoms with Gasteiger partial charge < -0.3 is 4.74 Å². The minimum absolute atomic E-state index is 0.825. The van der Waals surface area contributed by atoms with E-state index >= 15 is 0 Å². The molecule has 7 aromatic carbocycles. The molecule has 1 aliphatic heterocycles. The molecule has 3 heteroatoms. The van der Waals surface area contributed by atoms with Crippen LogP contribution in [-0.2, 0) is 0 Å². The average Bonchev–Trinajstić information content (AvgIpc) is 3.50. The van der Waals surface area contributed by atoms with E-state index in [1.54, 1.807) is 0 Å². The molecule has 46 heavy (non-hydrogen) atoms. The van der Waals surface area contributed by atoms with E-state index in [-0.39, 0.29) is 0 Å². The number of benzene rings is 7. The molecule has 1 aromatic heterocycles. The maximum absolute atomic E-state index is 7.04. The van der Waals surface area contributed by atoms with Gasteiger partial charge in [-0.2, -0.15) is 0 Å². The molecule has 216 valence electrons. The fraction of sp³-hybridized carbons (Fsp3) is 0. The molecule has 8 aromatic rings. The Balaban J connectivity index is 1.35. The van der Waals surface area contributed by atoms with Crippen LogP contribution in [-0.4, -0.2) is 9.55 Å². The van der Waals surface area contributed by atoms with Crippen molar-refractivity contribution in [3.05, 3.63) is 169 Å². The van der Waals surface area contributed by atoms with E-state index in [9.17, 15) is 0 Å². The lowest BCUT2D eigenvalue weighted by Crippen LogP contribution is -1.98. The molecule has 0 spiro atoms. The average molecular weight is 589 g/mol. The van der Waals surface area contributed by atoms with Crippen LogP contribution < -0.4 is 4.74 Å². The van der Waals surface area contributed by atoms with Crippen molar-refractivity contribution in [2.75, 3.05) is 0 Å². The Morgan fingerprint density at radius 2 is 1.22 bits per heavy atom. The van der Waals surface area contributed by atoms with Crippen LogP contribution in [0.5, 0.6) is 11.5 Å². The molecule has 9 rings (SSSR count). The van der Waals surface area contributed by atoms with Crippen LogP contribution in [0, 0.1) is 0 Å². The first-order valence-electron chi connectivity index (χ1n) is 15.6.